The fourth-order valence-electron chi connectivity index (χ4n) is 9.00. The standard InChI is InChI=1S/C26H43NO5.Na/c1-15(4-7-22(30)27-14-23(31)32)18-5-6-19-24-20(9-11-26(18,19)3)25(2)10-8-17(28)12-16(25)13-21(24)29;/h15-21,24,28-29H,4-14H2,1-3H3,(H,27,30)(H,31,32);/t15-,16+,17-,18-,19+,20+,21-,24+,25+,26-;/m1./s1. The Bertz CT molecular complexity index is 733. The van der Waals surface area contributed by atoms with E-state index < -0.39 is 5.97 Å². The molecule has 6 nitrogen and oxygen atoms in total. The van der Waals surface area contributed by atoms with E-state index in [9.17, 15) is 19.8 Å². The van der Waals surface area contributed by atoms with Gasteiger partial charge < -0.3 is 20.6 Å². The molecule has 0 saturated heterocycles. The number of rotatable bonds is 6. The van der Waals surface area contributed by atoms with Gasteiger partial charge in [0.1, 0.15) is 6.54 Å². The predicted octanol–water partition coefficient (Wildman–Crippen LogP) is 3.21. The minimum absolute atomic E-state index is 0. The van der Waals surface area contributed by atoms with E-state index in [2.05, 4.69) is 26.1 Å². The summed E-state index contributed by atoms with van der Waals surface area (Å²) >= 11 is 0. The molecule has 4 fully saturated rings. The van der Waals surface area contributed by atoms with Crippen LogP contribution in [0.4, 0.5) is 0 Å². The minimum atomic E-state index is -1.01. The molecule has 4 rings (SSSR count). The van der Waals surface area contributed by atoms with Crippen molar-refractivity contribution in [1.82, 2.24) is 5.32 Å². The second-order valence-corrected chi connectivity index (χ2v) is 12.1. The van der Waals surface area contributed by atoms with Crippen LogP contribution in [-0.4, -0.2) is 75.5 Å². The first-order valence-corrected chi connectivity index (χ1v) is 12.9. The average Bonchev–Trinajstić information content (AvgIpc) is 3.09. The number of carbonyl (C=O) groups is 2. The summed E-state index contributed by atoms with van der Waals surface area (Å²) < 4.78 is 0. The summed E-state index contributed by atoms with van der Waals surface area (Å²) in [6.45, 7) is 6.83. The summed E-state index contributed by atoms with van der Waals surface area (Å²) in [6, 6.07) is 0. The van der Waals surface area contributed by atoms with Crippen LogP contribution in [0.25, 0.3) is 0 Å². The summed E-state index contributed by atoms with van der Waals surface area (Å²) in [5.41, 5.74) is 0.451. The third-order valence-corrected chi connectivity index (χ3v) is 10.7. The van der Waals surface area contributed by atoms with Crippen LogP contribution in [0.1, 0.15) is 85.0 Å². The van der Waals surface area contributed by atoms with Crippen molar-refractivity contribution >= 4 is 41.4 Å². The fraction of sp³-hybridized carbons (Fsp3) is 0.923. The summed E-state index contributed by atoms with van der Waals surface area (Å²) in [7, 11) is 0. The van der Waals surface area contributed by atoms with Gasteiger partial charge in [-0.2, -0.15) is 0 Å². The van der Waals surface area contributed by atoms with Crippen LogP contribution in [-0.2, 0) is 9.59 Å². The van der Waals surface area contributed by atoms with Gasteiger partial charge in [0, 0.05) is 36.0 Å². The van der Waals surface area contributed by atoms with Gasteiger partial charge in [-0.25, -0.2) is 0 Å². The topological polar surface area (TPSA) is 107 Å². The van der Waals surface area contributed by atoms with Gasteiger partial charge in [0.2, 0.25) is 5.91 Å². The van der Waals surface area contributed by atoms with Crippen LogP contribution in [0.15, 0.2) is 0 Å². The van der Waals surface area contributed by atoms with E-state index in [0.717, 1.165) is 44.9 Å². The van der Waals surface area contributed by atoms with Crippen LogP contribution < -0.4 is 5.32 Å². The van der Waals surface area contributed by atoms with E-state index in [1.165, 1.54) is 12.8 Å². The summed E-state index contributed by atoms with van der Waals surface area (Å²) in [5, 5.41) is 32.8. The van der Waals surface area contributed by atoms with Crippen molar-refractivity contribution in [3.05, 3.63) is 0 Å². The molecule has 10 atom stereocenters. The number of hydrogen-bond donors (Lipinski definition) is 4. The monoisotopic (exact) mass is 472 g/mol. The number of hydrogen-bond acceptors (Lipinski definition) is 4. The Morgan fingerprint density at radius 3 is 2.36 bits per heavy atom. The Labute approximate surface area is 221 Å². The molecule has 0 heterocycles. The Balaban J connectivity index is 0.00000306. The molecule has 33 heavy (non-hydrogen) atoms. The van der Waals surface area contributed by atoms with Crippen LogP contribution in [0, 0.1) is 46.3 Å². The number of aliphatic hydroxyl groups is 2. The van der Waals surface area contributed by atoms with E-state index in [-0.39, 0.29) is 65.0 Å². The summed E-state index contributed by atoms with van der Waals surface area (Å²) in [6.07, 6.45) is 9.06. The van der Waals surface area contributed by atoms with Crippen molar-refractivity contribution in [2.45, 2.75) is 97.2 Å². The summed E-state index contributed by atoms with van der Waals surface area (Å²) in [5.74, 6) is 1.66. The van der Waals surface area contributed by atoms with Crippen molar-refractivity contribution in [2.24, 2.45) is 46.3 Å². The van der Waals surface area contributed by atoms with Crippen molar-refractivity contribution in [3.63, 3.8) is 0 Å². The van der Waals surface area contributed by atoms with Crippen molar-refractivity contribution in [2.75, 3.05) is 6.54 Å². The number of amides is 1. The van der Waals surface area contributed by atoms with Crippen molar-refractivity contribution < 1.29 is 24.9 Å². The maximum absolute atomic E-state index is 12.0. The molecule has 0 aromatic heterocycles. The second-order valence-electron chi connectivity index (χ2n) is 12.1. The number of carboxylic acids is 1. The zero-order valence-electron chi connectivity index (χ0n) is 21.1. The minimum Gasteiger partial charge on any atom is -0.480 e. The molecular weight excluding hydrogens is 429 g/mol. The molecule has 0 unspecified atom stereocenters. The van der Waals surface area contributed by atoms with Crippen molar-refractivity contribution in [1.29, 1.82) is 0 Å². The van der Waals surface area contributed by atoms with Gasteiger partial charge in [-0.1, -0.05) is 20.8 Å². The number of nitrogens with one attached hydrogen (secondary N) is 1. The van der Waals surface area contributed by atoms with E-state index in [1.807, 2.05) is 0 Å². The largest absolute Gasteiger partial charge is 0.480 e. The third-order valence-electron chi connectivity index (χ3n) is 10.7. The Hall–Kier alpha value is -0.140. The van der Waals surface area contributed by atoms with Gasteiger partial charge in [-0.3, -0.25) is 9.59 Å². The molecule has 0 aliphatic heterocycles. The Morgan fingerprint density at radius 1 is 1.00 bits per heavy atom. The van der Waals surface area contributed by atoms with Gasteiger partial charge >= 0.3 is 5.97 Å². The first kappa shape index (κ1) is 27.4. The van der Waals surface area contributed by atoms with Gasteiger partial charge in [0.05, 0.1) is 12.2 Å². The van der Waals surface area contributed by atoms with E-state index in [0.29, 0.717) is 41.9 Å². The molecule has 4 N–H and O–H groups in total. The van der Waals surface area contributed by atoms with E-state index >= 15 is 0 Å². The Kier molecular flexibility index (Phi) is 8.70. The molecule has 0 aromatic carbocycles. The third kappa shape index (κ3) is 5.07. The average molecular weight is 473 g/mol. The van der Waals surface area contributed by atoms with Gasteiger partial charge in [0.25, 0.3) is 0 Å². The van der Waals surface area contributed by atoms with Crippen LogP contribution in [0.3, 0.4) is 0 Å². The van der Waals surface area contributed by atoms with E-state index in [1.54, 1.807) is 0 Å². The molecule has 0 aromatic rings. The Morgan fingerprint density at radius 2 is 1.67 bits per heavy atom. The normalized spacial score (nSPS) is 45.1. The molecule has 4 aliphatic rings. The van der Waals surface area contributed by atoms with E-state index in [4.69, 9.17) is 5.11 Å². The zero-order chi connectivity index (χ0) is 23.3. The molecule has 7 heteroatoms. The number of carbonyl (C=O) groups excluding carboxylic acids is 1. The zero-order valence-corrected chi connectivity index (χ0v) is 23.1. The maximum atomic E-state index is 12.0. The maximum Gasteiger partial charge on any atom is 0.322 e. The quantitative estimate of drug-likeness (QED) is 0.444. The molecule has 4 saturated carbocycles. The number of fused-ring (bicyclic) bond motifs is 5. The molecular formula is C26H43NNaO5. The number of aliphatic hydroxyl groups excluding tert-OH is 2. The molecule has 1 radical (unpaired) electrons. The smallest absolute Gasteiger partial charge is 0.322 e. The van der Waals surface area contributed by atoms with Crippen LogP contribution >= 0.6 is 0 Å². The second kappa shape index (κ2) is 10.5. The van der Waals surface area contributed by atoms with Gasteiger partial charge in [-0.05, 0) is 104 Å². The first-order chi connectivity index (χ1) is 15.1. The fourth-order valence-corrected chi connectivity index (χ4v) is 9.00. The molecule has 0 bridgehead atoms. The molecule has 4 aliphatic carbocycles. The van der Waals surface area contributed by atoms with Crippen molar-refractivity contribution in [3.8, 4) is 0 Å². The summed E-state index contributed by atoms with van der Waals surface area (Å²) in [4.78, 5) is 22.7. The molecule has 0 spiro atoms. The SMILES string of the molecule is C[C@H](CCC(=O)NCC(=O)O)[C@H]1CC[C@H]2[C@@H]3[C@H](O)C[C@@H]4C[C@H](O)CC[C@]4(C)[C@H]3CC[C@]12C.[Na]. The first-order valence-electron chi connectivity index (χ1n) is 12.9. The molecule has 183 valence electrons. The molecule has 1 amide bonds. The predicted molar refractivity (Wildman–Crippen MR) is 127 cm³/mol. The van der Waals surface area contributed by atoms with Crippen LogP contribution in [0.2, 0.25) is 0 Å². The van der Waals surface area contributed by atoms with Gasteiger partial charge in [-0.15, -0.1) is 0 Å². The van der Waals surface area contributed by atoms with Gasteiger partial charge in [0.15, 0.2) is 0 Å². The number of carboxylic acid groups (broad SMARTS) is 1. The van der Waals surface area contributed by atoms with Crippen LogP contribution in [0.5, 0.6) is 0 Å². The number of aliphatic carboxylic acids is 1.